The monoisotopic (exact) mass is 367 g/mol. The van der Waals surface area contributed by atoms with Crippen molar-refractivity contribution in [1.82, 2.24) is 14.7 Å². The zero-order valence-electron chi connectivity index (χ0n) is 15.5. The lowest BCUT2D eigenvalue weighted by Crippen LogP contribution is -2.62. The summed E-state index contributed by atoms with van der Waals surface area (Å²) in [5.41, 5.74) is 0. The summed E-state index contributed by atoms with van der Waals surface area (Å²) in [5, 5.41) is 0. The fraction of sp³-hybridized carbons (Fsp3) is 0.833. The minimum absolute atomic E-state index is 0.00241. The highest BCUT2D eigenvalue weighted by Gasteiger charge is 2.40. The zero-order valence-corrected chi connectivity index (χ0v) is 15.5. The molecule has 2 saturated heterocycles. The first kappa shape index (κ1) is 18.9. The summed E-state index contributed by atoms with van der Waals surface area (Å²) >= 11 is 0. The van der Waals surface area contributed by atoms with Crippen molar-refractivity contribution >= 4 is 17.9 Å². The molecule has 2 heterocycles. The number of ether oxygens (including phenoxy) is 2. The van der Waals surface area contributed by atoms with Gasteiger partial charge in [0.2, 0.25) is 5.91 Å². The number of hydrogen-bond acceptors (Lipinski definition) is 5. The lowest BCUT2D eigenvalue weighted by Gasteiger charge is -2.43. The number of piperazine rings is 1. The van der Waals surface area contributed by atoms with E-state index in [0.29, 0.717) is 39.4 Å². The molecule has 0 spiro atoms. The molecule has 0 bridgehead atoms. The normalized spacial score (nSPS) is 25.1. The van der Waals surface area contributed by atoms with Crippen molar-refractivity contribution in [2.75, 3.05) is 53.0 Å². The molecule has 1 aliphatic carbocycles. The molecular weight excluding hydrogens is 338 g/mol. The number of carbonyl (C=O) groups is 3. The van der Waals surface area contributed by atoms with Crippen LogP contribution in [0.4, 0.5) is 4.79 Å². The van der Waals surface area contributed by atoms with E-state index in [2.05, 4.69) is 0 Å². The molecule has 1 atom stereocenters. The van der Waals surface area contributed by atoms with Crippen LogP contribution in [0.1, 0.15) is 32.1 Å². The Balaban J connectivity index is 1.67. The molecule has 146 valence electrons. The third-order valence-electron chi connectivity index (χ3n) is 5.64. The first-order valence-corrected chi connectivity index (χ1v) is 9.61. The number of carbonyl (C=O) groups excluding carboxylic acids is 3. The van der Waals surface area contributed by atoms with Crippen LogP contribution in [0.5, 0.6) is 0 Å². The van der Waals surface area contributed by atoms with Gasteiger partial charge in [-0.1, -0.05) is 19.3 Å². The molecule has 0 aromatic carbocycles. The third-order valence-corrected chi connectivity index (χ3v) is 5.64. The van der Waals surface area contributed by atoms with Crippen molar-refractivity contribution < 1.29 is 23.9 Å². The number of rotatable bonds is 2. The molecule has 8 heteroatoms. The average molecular weight is 367 g/mol. The van der Waals surface area contributed by atoms with Crippen LogP contribution in [-0.2, 0) is 19.1 Å². The van der Waals surface area contributed by atoms with Crippen LogP contribution in [0, 0.1) is 5.92 Å². The molecular formula is C18H29N3O5. The summed E-state index contributed by atoms with van der Waals surface area (Å²) in [4.78, 5) is 43.1. The van der Waals surface area contributed by atoms with E-state index >= 15 is 0 Å². The van der Waals surface area contributed by atoms with Gasteiger partial charge < -0.3 is 24.2 Å². The van der Waals surface area contributed by atoms with Crippen LogP contribution in [0.3, 0.4) is 0 Å². The molecule has 3 aliphatic rings. The summed E-state index contributed by atoms with van der Waals surface area (Å²) in [5.74, 6) is -0.412. The average Bonchev–Trinajstić information content (AvgIpc) is 2.73. The van der Waals surface area contributed by atoms with Gasteiger partial charge in [-0.05, 0) is 12.8 Å². The highest BCUT2D eigenvalue weighted by molar-refractivity contribution is 5.87. The molecule has 0 radical (unpaired) electrons. The van der Waals surface area contributed by atoms with Gasteiger partial charge in [0.25, 0.3) is 0 Å². The van der Waals surface area contributed by atoms with Gasteiger partial charge in [-0.15, -0.1) is 0 Å². The molecule has 0 unspecified atom stereocenters. The van der Waals surface area contributed by atoms with Gasteiger partial charge in [-0.2, -0.15) is 0 Å². The van der Waals surface area contributed by atoms with Crippen LogP contribution in [0.2, 0.25) is 0 Å². The summed E-state index contributed by atoms with van der Waals surface area (Å²) in [6.07, 6.45) is 5.08. The fourth-order valence-corrected chi connectivity index (χ4v) is 4.10. The second-order valence-electron chi connectivity index (χ2n) is 7.23. The molecule has 0 N–H and O–H groups in total. The standard InChI is InChI=1S/C18H29N3O5/c1-25-17(23)15-13-20(18(24)19-9-11-26-12-10-19)7-8-21(15)16(22)14-5-3-2-4-6-14/h14-15H,2-13H2,1H3/t15-/m1/s1. The molecule has 2 aliphatic heterocycles. The van der Waals surface area contributed by atoms with E-state index in [0.717, 1.165) is 25.7 Å². The first-order valence-electron chi connectivity index (χ1n) is 9.61. The number of nitrogens with zero attached hydrogens (tertiary/aromatic N) is 3. The van der Waals surface area contributed by atoms with Crippen molar-refractivity contribution in [3.8, 4) is 0 Å². The SMILES string of the molecule is COC(=O)[C@H]1CN(C(=O)N2CCOCC2)CCN1C(=O)C1CCCCC1. The Labute approximate surface area is 154 Å². The molecule has 3 amide bonds. The van der Waals surface area contributed by atoms with Gasteiger partial charge in [0.15, 0.2) is 0 Å². The van der Waals surface area contributed by atoms with E-state index in [4.69, 9.17) is 9.47 Å². The largest absolute Gasteiger partial charge is 0.467 e. The van der Waals surface area contributed by atoms with Crippen molar-refractivity contribution in [1.29, 1.82) is 0 Å². The highest BCUT2D eigenvalue weighted by atomic mass is 16.5. The quantitative estimate of drug-likeness (QED) is 0.672. The van der Waals surface area contributed by atoms with Crippen LogP contribution in [0.15, 0.2) is 0 Å². The number of esters is 1. The molecule has 0 aromatic rings. The van der Waals surface area contributed by atoms with Gasteiger partial charge in [-0.25, -0.2) is 9.59 Å². The van der Waals surface area contributed by atoms with Crippen molar-refractivity contribution in [2.24, 2.45) is 5.92 Å². The lowest BCUT2D eigenvalue weighted by atomic mass is 9.87. The Hall–Kier alpha value is -1.83. The Bertz CT molecular complexity index is 529. The summed E-state index contributed by atoms with van der Waals surface area (Å²) in [6, 6.07) is -0.805. The maximum absolute atomic E-state index is 12.9. The number of urea groups is 1. The van der Waals surface area contributed by atoms with Gasteiger partial charge in [0.1, 0.15) is 6.04 Å². The summed E-state index contributed by atoms with van der Waals surface area (Å²) in [6.45, 7) is 3.21. The van der Waals surface area contributed by atoms with Crippen molar-refractivity contribution in [3.05, 3.63) is 0 Å². The molecule has 0 aromatic heterocycles. The van der Waals surface area contributed by atoms with Crippen molar-refractivity contribution in [3.63, 3.8) is 0 Å². The smallest absolute Gasteiger partial charge is 0.330 e. The molecule has 8 nitrogen and oxygen atoms in total. The van der Waals surface area contributed by atoms with Gasteiger partial charge in [-0.3, -0.25) is 4.79 Å². The maximum atomic E-state index is 12.9. The fourth-order valence-electron chi connectivity index (χ4n) is 4.10. The van der Waals surface area contributed by atoms with Crippen LogP contribution in [0.25, 0.3) is 0 Å². The maximum Gasteiger partial charge on any atom is 0.330 e. The predicted octanol–water partition coefficient (Wildman–Crippen LogP) is 0.705. The molecule has 26 heavy (non-hydrogen) atoms. The topological polar surface area (TPSA) is 79.4 Å². The Morgan fingerprint density at radius 1 is 0.923 bits per heavy atom. The van der Waals surface area contributed by atoms with Crippen LogP contribution >= 0.6 is 0 Å². The third kappa shape index (κ3) is 4.11. The van der Waals surface area contributed by atoms with E-state index in [9.17, 15) is 14.4 Å². The number of amides is 3. The lowest BCUT2D eigenvalue weighted by molar-refractivity contribution is -0.157. The van der Waals surface area contributed by atoms with Crippen LogP contribution < -0.4 is 0 Å². The Kier molecular flexibility index (Phi) is 6.34. The minimum Gasteiger partial charge on any atom is -0.467 e. The number of methoxy groups -OCH3 is 1. The van der Waals surface area contributed by atoms with E-state index in [1.165, 1.54) is 13.5 Å². The second-order valence-corrected chi connectivity index (χ2v) is 7.23. The Morgan fingerprint density at radius 3 is 2.27 bits per heavy atom. The van der Waals surface area contributed by atoms with Gasteiger partial charge in [0, 0.05) is 32.1 Å². The summed E-state index contributed by atoms with van der Waals surface area (Å²) < 4.78 is 10.2. The van der Waals surface area contributed by atoms with E-state index in [1.807, 2.05) is 0 Å². The minimum atomic E-state index is -0.715. The number of morpholine rings is 1. The highest BCUT2D eigenvalue weighted by Crippen LogP contribution is 2.27. The predicted molar refractivity (Wildman–Crippen MR) is 93.5 cm³/mol. The second kappa shape index (κ2) is 8.70. The molecule has 3 fully saturated rings. The molecule has 1 saturated carbocycles. The van der Waals surface area contributed by atoms with Crippen LogP contribution in [-0.4, -0.2) is 91.7 Å². The van der Waals surface area contributed by atoms with Gasteiger partial charge >= 0.3 is 12.0 Å². The molecule has 3 rings (SSSR count). The van der Waals surface area contributed by atoms with E-state index in [-0.39, 0.29) is 24.4 Å². The Morgan fingerprint density at radius 2 is 1.62 bits per heavy atom. The first-order chi connectivity index (χ1) is 12.6. The van der Waals surface area contributed by atoms with E-state index < -0.39 is 12.0 Å². The van der Waals surface area contributed by atoms with Gasteiger partial charge in [0.05, 0.1) is 26.9 Å². The number of hydrogen-bond donors (Lipinski definition) is 0. The summed E-state index contributed by atoms with van der Waals surface area (Å²) in [7, 11) is 1.33. The van der Waals surface area contributed by atoms with E-state index in [1.54, 1.807) is 14.7 Å². The van der Waals surface area contributed by atoms with Crippen molar-refractivity contribution in [2.45, 2.75) is 38.1 Å². The zero-order chi connectivity index (χ0) is 18.5.